The van der Waals surface area contributed by atoms with E-state index in [2.05, 4.69) is 20.9 Å². The summed E-state index contributed by atoms with van der Waals surface area (Å²) in [5.41, 5.74) is 0.322. The molecule has 3 rings (SSSR count). The van der Waals surface area contributed by atoms with Gasteiger partial charge in [-0.2, -0.15) is 0 Å². The van der Waals surface area contributed by atoms with Crippen molar-refractivity contribution in [1.82, 2.24) is 9.55 Å². The van der Waals surface area contributed by atoms with Gasteiger partial charge in [-0.05, 0) is 30.3 Å². The van der Waals surface area contributed by atoms with Crippen LogP contribution in [0.4, 0.5) is 4.39 Å². The summed E-state index contributed by atoms with van der Waals surface area (Å²) in [6.45, 7) is -0.132. The fraction of sp³-hybridized carbons (Fsp3) is 0.176. The van der Waals surface area contributed by atoms with E-state index >= 15 is 0 Å². The summed E-state index contributed by atoms with van der Waals surface area (Å²) in [4.78, 5) is 16.6. The molecule has 7 heteroatoms. The molecule has 1 atom stereocenters. The van der Waals surface area contributed by atoms with Gasteiger partial charge in [0.25, 0.3) is 5.56 Å². The topological polar surface area (TPSA) is 64.4 Å². The molecule has 1 heterocycles. The van der Waals surface area contributed by atoms with E-state index in [4.69, 9.17) is 4.74 Å². The smallest absolute Gasteiger partial charge is 0.261 e. The van der Waals surface area contributed by atoms with Crippen molar-refractivity contribution in [2.75, 3.05) is 6.61 Å². The molecule has 124 valence electrons. The number of aromatic nitrogens is 2. The van der Waals surface area contributed by atoms with E-state index in [1.807, 2.05) is 0 Å². The van der Waals surface area contributed by atoms with Crippen LogP contribution in [0.25, 0.3) is 10.9 Å². The van der Waals surface area contributed by atoms with Crippen LogP contribution in [0.2, 0.25) is 0 Å². The highest BCUT2D eigenvalue weighted by molar-refractivity contribution is 9.10. The molecule has 0 aliphatic rings. The van der Waals surface area contributed by atoms with Crippen LogP contribution in [0.15, 0.2) is 58.1 Å². The maximum atomic E-state index is 13.5. The number of fused-ring (bicyclic) bond motifs is 1. The number of hydrogen-bond donors (Lipinski definition) is 1. The Morgan fingerprint density at radius 2 is 2.08 bits per heavy atom. The Hall–Kier alpha value is -2.25. The summed E-state index contributed by atoms with van der Waals surface area (Å²) in [6, 6.07) is 11.2. The molecule has 3 aromatic rings. The molecule has 0 fully saturated rings. The van der Waals surface area contributed by atoms with Crippen molar-refractivity contribution in [1.29, 1.82) is 0 Å². The van der Waals surface area contributed by atoms with Gasteiger partial charge in [-0.1, -0.05) is 28.1 Å². The number of ether oxygens (including phenoxy) is 1. The van der Waals surface area contributed by atoms with Crippen molar-refractivity contribution < 1.29 is 14.2 Å². The van der Waals surface area contributed by atoms with E-state index in [0.29, 0.717) is 10.9 Å². The van der Waals surface area contributed by atoms with Crippen molar-refractivity contribution >= 4 is 26.8 Å². The first kappa shape index (κ1) is 16.6. The van der Waals surface area contributed by atoms with Crippen LogP contribution < -0.4 is 10.3 Å². The number of aliphatic hydroxyl groups excluding tert-OH is 1. The Kier molecular flexibility index (Phi) is 4.92. The Morgan fingerprint density at radius 3 is 2.88 bits per heavy atom. The Balaban J connectivity index is 1.73. The molecule has 0 aliphatic heterocycles. The lowest BCUT2D eigenvalue weighted by Gasteiger charge is -2.14. The maximum Gasteiger partial charge on any atom is 0.261 e. The maximum absolute atomic E-state index is 13.5. The summed E-state index contributed by atoms with van der Waals surface area (Å²) in [5, 5.41) is 10.5. The van der Waals surface area contributed by atoms with Crippen LogP contribution in [0.3, 0.4) is 0 Å². The van der Waals surface area contributed by atoms with Gasteiger partial charge in [0.1, 0.15) is 12.7 Å². The molecule has 1 aromatic heterocycles. The lowest BCUT2D eigenvalue weighted by molar-refractivity contribution is 0.0895. The molecule has 0 bridgehead atoms. The van der Waals surface area contributed by atoms with Crippen LogP contribution in [-0.2, 0) is 6.54 Å². The minimum Gasteiger partial charge on any atom is -0.488 e. The third-order valence-corrected chi connectivity index (χ3v) is 3.95. The van der Waals surface area contributed by atoms with Crippen molar-refractivity contribution in [2.45, 2.75) is 12.6 Å². The summed E-state index contributed by atoms with van der Waals surface area (Å²) < 4.78 is 20.8. The van der Waals surface area contributed by atoms with Gasteiger partial charge in [0.2, 0.25) is 0 Å². The predicted molar refractivity (Wildman–Crippen MR) is 91.6 cm³/mol. The summed E-state index contributed by atoms with van der Waals surface area (Å²) in [7, 11) is 0. The second-order valence-corrected chi connectivity index (χ2v) is 6.17. The molecule has 2 aromatic carbocycles. The molecule has 0 spiro atoms. The summed E-state index contributed by atoms with van der Waals surface area (Å²) in [6.07, 6.45) is 0.402. The number of nitrogens with zero attached hydrogens (tertiary/aromatic N) is 2. The average molecular weight is 393 g/mol. The van der Waals surface area contributed by atoms with Gasteiger partial charge < -0.3 is 9.84 Å². The van der Waals surface area contributed by atoms with Gasteiger partial charge in [-0.15, -0.1) is 0 Å². The summed E-state index contributed by atoms with van der Waals surface area (Å²) >= 11 is 3.32. The lowest BCUT2D eigenvalue weighted by Crippen LogP contribution is -2.30. The SMILES string of the molecule is O=c1c2cc(Br)ccc2ncn1CC(O)COc1ccccc1F. The van der Waals surface area contributed by atoms with E-state index in [1.165, 1.54) is 23.0 Å². The first-order chi connectivity index (χ1) is 11.5. The van der Waals surface area contributed by atoms with Crippen LogP contribution in [-0.4, -0.2) is 27.4 Å². The molecular formula is C17H14BrFN2O3. The van der Waals surface area contributed by atoms with Gasteiger partial charge in [0.05, 0.1) is 23.8 Å². The van der Waals surface area contributed by atoms with Crippen LogP contribution >= 0.6 is 15.9 Å². The van der Waals surface area contributed by atoms with Gasteiger partial charge in [-0.3, -0.25) is 9.36 Å². The van der Waals surface area contributed by atoms with E-state index in [9.17, 15) is 14.3 Å². The van der Waals surface area contributed by atoms with Crippen molar-refractivity contribution in [3.8, 4) is 5.75 Å². The van der Waals surface area contributed by atoms with E-state index in [0.717, 1.165) is 4.47 Å². The van der Waals surface area contributed by atoms with E-state index < -0.39 is 11.9 Å². The van der Waals surface area contributed by atoms with Crippen molar-refractivity contribution in [2.24, 2.45) is 0 Å². The Morgan fingerprint density at radius 1 is 1.29 bits per heavy atom. The Labute approximate surface area is 145 Å². The van der Waals surface area contributed by atoms with Crippen LogP contribution in [0, 0.1) is 5.82 Å². The van der Waals surface area contributed by atoms with E-state index in [1.54, 1.807) is 30.3 Å². The van der Waals surface area contributed by atoms with Gasteiger partial charge in [-0.25, -0.2) is 9.37 Å². The third kappa shape index (κ3) is 3.63. The first-order valence-electron chi connectivity index (χ1n) is 7.24. The standard InChI is InChI=1S/C17H14BrFN2O3/c18-11-5-6-15-13(7-11)17(23)21(10-20-15)8-12(22)9-24-16-4-2-1-3-14(16)19/h1-7,10,12,22H,8-9H2. The largest absolute Gasteiger partial charge is 0.488 e. The average Bonchev–Trinajstić information content (AvgIpc) is 2.57. The molecule has 0 aliphatic carbocycles. The fourth-order valence-electron chi connectivity index (χ4n) is 2.29. The highest BCUT2D eigenvalue weighted by Crippen LogP contribution is 2.16. The zero-order valence-electron chi connectivity index (χ0n) is 12.5. The highest BCUT2D eigenvalue weighted by atomic mass is 79.9. The van der Waals surface area contributed by atoms with Crippen LogP contribution in [0.1, 0.15) is 0 Å². The molecule has 0 amide bonds. The van der Waals surface area contributed by atoms with Crippen molar-refractivity contribution in [3.63, 3.8) is 0 Å². The quantitative estimate of drug-likeness (QED) is 0.724. The summed E-state index contributed by atoms with van der Waals surface area (Å²) in [5.74, 6) is -0.441. The molecule has 5 nitrogen and oxygen atoms in total. The second-order valence-electron chi connectivity index (χ2n) is 5.26. The van der Waals surface area contributed by atoms with Gasteiger partial charge in [0, 0.05) is 4.47 Å². The molecule has 1 N–H and O–H groups in total. The molecule has 1 unspecified atom stereocenters. The normalized spacial score (nSPS) is 12.3. The molecular weight excluding hydrogens is 379 g/mol. The highest BCUT2D eigenvalue weighted by Gasteiger charge is 2.11. The zero-order chi connectivity index (χ0) is 17.1. The monoisotopic (exact) mass is 392 g/mol. The number of para-hydroxylation sites is 1. The molecule has 0 saturated carbocycles. The predicted octanol–water partition coefficient (Wildman–Crippen LogP) is 2.74. The minimum atomic E-state index is -0.978. The number of hydrogen-bond acceptors (Lipinski definition) is 4. The van der Waals surface area contributed by atoms with Gasteiger partial charge >= 0.3 is 0 Å². The number of benzene rings is 2. The first-order valence-corrected chi connectivity index (χ1v) is 8.04. The Bertz CT molecular complexity index is 929. The zero-order valence-corrected chi connectivity index (χ0v) is 14.1. The number of rotatable bonds is 5. The lowest BCUT2D eigenvalue weighted by atomic mass is 10.2. The van der Waals surface area contributed by atoms with Gasteiger partial charge in [0.15, 0.2) is 11.6 Å². The van der Waals surface area contributed by atoms with Crippen molar-refractivity contribution in [3.05, 3.63) is 69.4 Å². The second kappa shape index (κ2) is 7.11. The van der Waals surface area contributed by atoms with E-state index in [-0.39, 0.29) is 24.5 Å². The fourth-order valence-corrected chi connectivity index (χ4v) is 2.65. The molecule has 0 saturated heterocycles. The number of halogens is 2. The third-order valence-electron chi connectivity index (χ3n) is 3.46. The minimum absolute atomic E-state index is 0.00272. The molecule has 0 radical (unpaired) electrons. The molecule has 24 heavy (non-hydrogen) atoms. The number of aliphatic hydroxyl groups is 1. The van der Waals surface area contributed by atoms with Crippen LogP contribution in [0.5, 0.6) is 5.75 Å².